The van der Waals surface area contributed by atoms with Gasteiger partial charge in [0.15, 0.2) is 0 Å². The fourth-order valence-electron chi connectivity index (χ4n) is 3.48. The predicted molar refractivity (Wildman–Crippen MR) is 117 cm³/mol. The third-order valence-electron chi connectivity index (χ3n) is 4.97. The smallest absolute Gasteiger partial charge is 0.224 e. The van der Waals surface area contributed by atoms with E-state index in [4.69, 9.17) is 22.1 Å². The summed E-state index contributed by atoms with van der Waals surface area (Å²) >= 11 is 7.85. The highest BCUT2D eigenvalue weighted by Crippen LogP contribution is 2.42. The molecule has 1 aromatic rings. The van der Waals surface area contributed by atoms with Gasteiger partial charge < -0.3 is 15.8 Å². The first-order valence-electron chi connectivity index (χ1n) is 9.16. The zero-order chi connectivity index (χ0) is 21.4. The molecule has 3 N–H and O–H groups in total. The van der Waals surface area contributed by atoms with E-state index in [1.54, 1.807) is 26.6 Å². The number of methoxy groups -OCH3 is 1. The Hall–Kier alpha value is -2.85. The summed E-state index contributed by atoms with van der Waals surface area (Å²) in [5.41, 5.74) is 12.1. The van der Waals surface area contributed by atoms with E-state index in [1.807, 2.05) is 6.92 Å². The van der Waals surface area contributed by atoms with Gasteiger partial charge in [0.25, 0.3) is 0 Å². The summed E-state index contributed by atoms with van der Waals surface area (Å²) in [6, 6.07) is 0. The van der Waals surface area contributed by atoms with Gasteiger partial charge in [0.1, 0.15) is 28.7 Å². The van der Waals surface area contributed by atoms with Crippen molar-refractivity contribution in [2.45, 2.75) is 25.6 Å². The molecule has 0 aromatic carbocycles. The number of hydrogen-bond donors (Lipinski definition) is 2. The van der Waals surface area contributed by atoms with Crippen LogP contribution in [0, 0.1) is 6.92 Å². The van der Waals surface area contributed by atoms with Crippen molar-refractivity contribution in [1.29, 1.82) is 0 Å². The Morgan fingerprint density at radius 2 is 2.23 bits per heavy atom. The zero-order valence-electron chi connectivity index (χ0n) is 16.7. The lowest BCUT2D eigenvalue weighted by molar-refractivity contribution is -0.119. The summed E-state index contributed by atoms with van der Waals surface area (Å²) in [5.74, 6) is 1.05. The Morgan fingerprint density at radius 1 is 1.43 bits per heavy atom. The van der Waals surface area contributed by atoms with Crippen molar-refractivity contribution < 1.29 is 9.53 Å². The van der Waals surface area contributed by atoms with E-state index in [0.717, 1.165) is 22.3 Å². The molecule has 30 heavy (non-hydrogen) atoms. The van der Waals surface area contributed by atoms with E-state index >= 15 is 0 Å². The molecule has 9 nitrogen and oxygen atoms in total. The second kappa shape index (κ2) is 8.11. The molecule has 0 spiro atoms. The van der Waals surface area contributed by atoms with Crippen LogP contribution in [0.3, 0.4) is 0 Å². The fraction of sp³-hybridized carbons (Fsp3) is 0.316. The molecule has 0 bridgehead atoms. The van der Waals surface area contributed by atoms with Gasteiger partial charge in [-0.2, -0.15) is 15.0 Å². The van der Waals surface area contributed by atoms with Gasteiger partial charge >= 0.3 is 0 Å². The molecular formula is C19H20ClN7O2S. The monoisotopic (exact) mass is 445 g/mol. The highest BCUT2D eigenvalue weighted by atomic mass is 35.5. The Labute approximate surface area is 182 Å². The van der Waals surface area contributed by atoms with Crippen molar-refractivity contribution >= 4 is 41.4 Å². The molecule has 0 saturated heterocycles. The molecule has 1 amide bonds. The van der Waals surface area contributed by atoms with Crippen LogP contribution < -0.4 is 15.8 Å². The first-order chi connectivity index (χ1) is 14.4. The van der Waals surface area contributed by atoms with Crippen LogP contribution in [0.4, 0.5) is 5.69 Å². The average Bonchev–Trinajstić information content (AvgIpc) is 2.87. The molecule has 2 aliphatic heterocycles. The number of carbonyl (C=O) groups is 1. The number of ether oxygens (including phenoxy) is 1. The van der Waals surface area contributed by atoms with E-state index in [2.05, 4.69) is 24.9 Å². The highest BCUT2D eigenvalue weighted by Gasteiger charge is 2.29. The zero-order valence-corrected chi connectivity index (χ0v) is 18.3. The molecule has 0 unspecified atom stereocenters. The van der Waals surface area contributed by atoms with E-state index in [0.29, 0.717) is 39.3 Å². The van der Waals surface area contributed by atoms with Crippen LogP contribution in [0.25, 0.3) is 11.3 Å². The molecule has 0 atom stereocenters. The van der Waals surface area contributed by atoms with Crippen molar-refractivity contribution in [3.05, 3.63) is 39.3 Å². The highest BCUT2D eigenvalue weighted by molar-refractivity contribution is 7.97. The van der Waals surface area contributed by atoms with Crippen LogP contribution >= 0.6 is 23.5 Å². The van der Waals surface area contributed by atoms with Gasteiger partial charge in [0.2, 0.25) is 5.91 Å². The fourth-order valence-corrected chi connectivity index (χ4v) is 4.51. The number of aromatic nitrogens is 4. The molecule has 0 fully saturated rings. The minimum Gasteiger partial charge on any atom is -0.495 e. The number of pyridine rings is 1. The second-order valence-electron chi connectivity index (χ2n) is 6.80. The number of nitrogens with zero attached hydrogens (tertiary/aromatic N) is 5. The number of amides is 1. The van der Waals surface area contributed by atoms with Gasteiger partial charge in [-0.25, -0.2) is 4.40 Å². The molecule has 4 rings (SSSR count). The molecule has 1 aliphatic carbocycles. The maximum absolute atomic E-state index is 12.0. The summed E-state index contributed by atoms with van der Waals surface area (Å²) in [5, 5.41) is 12.3. The number of anilines is 1. The molecule has 0 saturated carbocycles. The van der Waals surface area contributed by atoms with E-state index < -0.39 is 0 Å². The number of nitrogens with one attached hydrogen (secondary N) is 1. The number of nitrogen functional groups attached to an aromatic ring is 1. The lowest BCUT2D eigenvalue weighted by Crippen LogP contribution is -2.20. The van der Waals surface area contributed by atoms with Gasteiger partial charge in [-0.3, -0.25) is 9.78 Å². The molecular weight excluding hydrogens is 426 g/mol. The Kier molecular flexibility index (Phi) is 5.52. The van der Waals surface area contributed by atoms with Crippen LogP contribution in [0.1, 0.15) is 28.1 Å². The lowest BCUT2D eigenvalue weighted by Gasteiger charge is -2.13. The Morgan fingerprint density at radius 3 is 2.97 bits per heavy atom. The van der Waals surface area contributed by atoms with Crippen LogP contribution in [0.2, 0.25) is 5.02 Å². The van der Waals surface area contributed by atoms with Crippen LogP contribution in [-0.2, 0) is 23.5 Å². The first kappa shape index (κ1) is 20.4. The van der Waals surface area contributed by atoms with Crippen LogP contribution in [0.5, 0.6) is 5.75 Å². The maximum atomic E-state index is 12.0. The van der Waals surface area contributed by atoms with E-state index in [1.165, 1.54) is 16.7 Å². The molecule has 1 aromatic heterocycles. The number of nitrogens with two attached hydrogens (primary N) is 1. The van der Waals surface area contributed by atoms with Gasteiger partial charge in [-0.1, -0.05) is 11.6 Å². The molecule has 3 heterocycles. The molecule has 11 heteroatoms. The summed E-state index contributed by atoms with van der Waals surface area (Å²) in [6.45, 7) is 2.10. The summed E-state index contributed by atoms with van der Waals surface area (Å²) < 4.78 is 9.72. The standard InChI is InChI=1S/C19H20ClN7O2S/c1-9-5-23-13(16(20)19(9)29-3)7-27-25-12-6-24-30-8-11-10(4-14(28)22-2)17(21)18(26-27)15(11)12/h5-6H,4,7-8,21H2,1-3H3,(H,22,28). The van der Waals surface area contributed by atoms with Crippen molar-refractivity contribution in [3.63, 3.8) is 0 Å². The number of carbonyl (C=O) groups excluding carboxylic acids is 1. The van der Waals surface area contributed by atoms with Gasteiger partial charge in [0.05, 0.1) is 31.1 Å². The van der Waals surface area contributed by atoms with Crippen molar-refractivity contribution in [2.75, 3.05) is 19.9 Å². The number of hydrogen-bond acceptors (Lipinski definition) is 8. The van der Waals surface area contributed by atoms with Gasteiger partial charge in [0, 0.05) is 30.1 Å². The summed E-state index contributed by atoms with van der Waals surface area (Å²) in [4.78, 5) is 17.9. The van der Waals surface area contributed by atoms with Crippen LogP contribution in [0.15, 0.2) is 10.6 Å². The number of likely N-dealkylation sites (N-methyl/N-ethyl adjacent to an activating group) is 1. The topological polar surface area (TPSA) is 120 Å². The number of halogens is 1. The van der Waals surface area contributed by atoms with Gasteiger partial charge in [-0.05, 0) is 30.0 Å². The quantitative estimate of drug-likeness (QED) is 0.578. The minimum absolute atomic E-state index is 0.117. The van der Waals surface area contributed by atoms with Crippen molar-refractivity contribution in [2.24, 2.45) is 4.40 Å². The first-order valence-corrected chi connectivity index (χ1v) is 10.5. The second-order valence-corrected chi connectivity index (χ2v) is 7.94. The average molecular weight is 446 g/mol. The van der Waals surface area contributed by atoms with E-state index in [9.17, 15) is 4.79 Å². The third kappa shape index (κ3) is 3.46. The maximum Gasteiger partial charge on any atom is 0.224 e. The molecule has 3 aliphatic rings. The Balaban J connectivity index is 1.84. The Bertz CT molecular complexity index is 1140. The van der Waals surface area contributed by atoms with E-state index in [-0.39, 0.29) is 18.9 Å². The van der Waals surface area contributed by atoms with Gasteiger partial charge in [-0.15, -0.1) is 0 Å². The third-order valence-corrected chi connectivity index (χ3v) is 6.03. The normalized spacial score (nSPS) is 12.8. The van der Waals surface area contributed by atoms with Crippen LogP contribution in [-0.4, -0.2) is 46.3 Å². The van der Waals surface area contributed by atoms with Crippen molar-refractivity contribution in [3.8, 4) is 17.0 Å². The predicted octanol–water partition coefficient (Wildman–Crippen LogP) is 2.25. The molecule has 0 radical (unpaired) electrons. The lowest BCUT2D eigenvalue weighted by atomic mass is 10.1. The summed E-state index contributed by atoms with van der Waals surface area (Å²) in [6.07, 6.45) is 3.56. The largest absolute Gasteiger partial charge is 0.495 e. The van der Waals surface area contributed by atoms with Crippen molar-refractivity contribution in [1.82, 2.24) is 25.3 Å². The number of aryl methyl sites for hydroxylation is 1. The number of rotatable bonds is 5. The minimum atomic E-state index is -0.117. The summed E-state index contributed by atoms with van der Waals surface area (Å²) in [7, 11) is 3.16. The molecule has 156 valence electrons. The SMILES string of the molecule is CNC(=O)Cc1c(N)c2nn(Cc3ncc(C)c(OC)c3Cl)nc3c-2c1CSN=C3.